The molecular weight excluding hydrogens is 607 g/mol. The number of urea groups is 1. The van der Waals surface area contributed by atoms with Crippen LogP contribution in [0, 0.1) is 8.99 Å². The predicted octanol–water partition coefficient (Wildman–Crippen LogP) is 3.48. The number of amides is 4. The molecule has 3 atom stereocenters. The van der Waals surface area contributed by atoms with E-state index in [2.05, 4.69) is 20.7 Å². The largest absolute Gasteiger partial charge is 0.457 e. The molecule has 4 amide bonds. The average molecular weight is 630 g/mol. The van der Waals surface area contributed by atoms with Crippen LogP contribution in [0.25, 0.3) is 10.4 Å². The van der Waals surface area contributed by atoms with Crippen molar-refractivity contribution in [2.75, 3.05) is 11.4 Å². The Morgan fingerprint density at radius 2 is 1.95 bits per heavy atom. The van der Waals surface area contributed by atoms with Gasteiger partial charge < -0.3 is 14.4 Å². The first kappa shape index (κ1) is 25.9. The van der Waals surface area contributed by atoms with Crippen molar-refractivity contribution in [3.05, 3.63) is 67.1 Å². The van der Waals surface area contributed by atoms with Crippen LogP contribution in [0.15, 0.2) is 41.5 Å². The smallest absolute Gasteiger partial charge is 0.338 e. The number of hydrogen-bond donors (Lipinski definition) is 2. The summed E-state index contributed by atoms with van der Waals surface area (Å²) in [5.41, 5.74) is 9.88. The number of imide groups is 2. The molecule has 2 fully saturated rings. The summed E-state index contributed by atoms with van der Waals surface area (Å²) < 4.78 is 12.2. The molecule has 3 aliphatic rings. The molecule has 0 aromatic heterocycles. The van der Waals surface area contributed by atoms with E-state index in [1.165, 1.54) is 0 Å². The van der Waals surface area contributed by atoms with E-state index in [1.807, 2.05) is 41.3 Å². The number of azide groups is 1. The third kappa shape index (κ3) is 4.36. The van der Waals surface area contributed by atoms with Gasteiger partial charge in [-0.3, -0.25) is 20.2 Å². The highest BCUT2D eigenvalue weighted by atomic mass is 127. The number of carbonyl (C=O) groups excluding carboxylic acids is 4. The number of rotatable bonds is 4. The zero-order valence-electron chi connectivity index (χ0n) is 20.4. The van der Waals surface area contributed by atoms with Crippen LogP contribution in [-0.2, 0) is 32.1 Å². The summed E-state index contributed by atoms with van der Waals surface area (Å²) in [7, 11) is 0. The molecule has 2 aromatic rings. The number of fused-ring (bicyclic) bond motifs is 4. The number of benzene rings is 2. The molecule has 3 aliphatic heterocycles. The Kier molecular flexibility index (Phi) is 6.75. The Morgan fingerprint density at radius 3 is 2.63 bits per heavy atom. The van der Waals surface area contributed by atoms with Crippen LogP contribution in [0.5, 0.6) is 0 Å². The quantitative estimate of drug-likeness (QED) is 0.131. The summed E-state index contributed by atoms with van der Waals surface area (Å²) in [5, 5.41) is 8.09. The second-order valence-corrected chi connectivity index (χ2v) is 10.7. The number of ether oxygens (including phenoxy) is 2. The van der Waals surface area contributed by atoms with Crippen molar-refractivity contribution < 1.29 is 28.7 Å². The second-order valence-electron chi connectivity index (χ2n) is 9.53. The van der Waals surface area contributed by atoms with Crippen molar-refractivity contribution in [2.24, 2.45) is 10.5 Å². The molecule has 0 radical (unpaired) electrons. The van der Waals surface area contributed by atoms with Crippen LogP contribution in [0.1, 0.15) is 35.3 Å². The van der Waals surface area contributed by atoms with Gasteiger partial charge in [-0.1, -0.05) is 17.2 Å². The van der Waals surface area contributed by atoms with Crippen molar-refractivity contribution >= 4 is 57.8 Å². The molecule has 12 nitrogen and oxygen atoms in total. The van der Waals surface area contributed by atoms with Gasteiger partial charge in [0.1, 0.15) is 6.61 Å². The Hall–Kier alpha value is -3.68. The average Bonchev–Trinajstić information content (AvgIpc) is 2.86. The Morgan fingerprint density at radius 1 is 1.21 bits per heavy atom. The molecule has 0 aliphatic carbocycles. The molecular formula is C25H23IN6O6. The molecule has 38 heavy (non-hydrogen) atoms. The maximum Gasteiger partial charge on any atom is 0.338 e. The van der Waals surface area contributed by atoms with E-state index >= 15 is 0 Å². The van der Waals surface area contributed by atoms with Crippen molar-refractivity contribution in [3.63, 3.8) is 0 Å². The lowest BCUT2D eigenvalue weighted by atomic mass is 9.66. The summed E-state index contributed by atoms with van der Waals surface area (Å²) in [6, 6.07) is 8.68. The minimum atomic E-state index is -1.62. The Bertz CT molecular complexity index is 1400. The van der Waals surface area contributed by atoms with Gasteiger partial charge in [0.25, 0.3) is 0 Å². The van der Waals surface area contributed by atoms with Gasteiger partial charge in [-0.2, -0.15) is 0 Å². The fourth-order valence-electron chi connectivity index (χ4n) is 5.58. The first-order valence-corrected chi connectivity index (χ1v) is 12.9. The first-order valence-electron chi connectivity index (χ1n) is 11.9. The first-order chi connectivity index (χ1) is 18.1. The molecule has 0 unspecified atom stereocenters. The molecule has 5 rings (SSSR count). The van der Waals surface area contributed by atoms with Gasteiger partial charge in [0.2, 0.25) is 11.8 Å². The molecule has 2 saturated heterocycles. The van der Waals surface area contributed by atoms with E-state index in [0.717, 1.165) is 14.8 Å². The van der Waals surface area contributed by atoms with E-state index < -0.39 is 41.4 Å². The van der Waals surface area contributed by atoms with E-state index in [1.54, 1.807) is 36.4 Å². The monoisotopic (exact) mass is 630 g/mol. The maximum absolute atomic E-state index is 13.3. The number of barbiturate groups is 1. The minimum Gasteiger partial charge on any atom is -0.457 e. The van der Waals surface area contributed by atoms with Crippen LogP contribution >= 0.6 is 22.6 Å². The summed E-state index contributed by atoms with van der Waals surface area (Å²) in [5.74, 6) is -1.96. The van der Waals surface area contributed by atoms with Crippen LogP contribution in [0.2, 0.25) is 0 Å². The van der Waals surface area contributed by atoms with E-state index in [4.69, 9.17) is 15.0 Å². The van der Waals surface area contributed by atoms with Gasteiger partial charge in [0, 0.05) is 20.7 Å². The summed E-state index contributed by atoms with van der Waals surface area (Å²) >= 11 is 2.04. The maximum atomic E-state index is 13.3. The normalized spacial score (nSPS) is 23.5. The zero-order chi connectivity index (χ0) is 27.2. The number of halogens is 1. The van der Waals surface area contributed by atoms with Crippen LogP contribution in [0.3, 0.4) is 0 Å². The fraction of sp³-hybridized carbons (Fsp3) is 0.360. The van der Waals surface area contributed by atoms with Crippen LogP contribution < -0.4 is 15.5 Å². The molecule has 0 bridgehead atoms. The molecule has 196 valence electrons. The standard InChI is InChI=1S/C25H23IN6O6/c1-12-10-32-19-6-4-15(21(33)37-11-14-3-5-18(30-31-27)17(26)7-14)8-16(19)9-25(20(32)13(2)38-12)22(34)28-24(36)29-23(25)35/h3-8,12-13,20H,9-11H2,1-2H3,(H2,28,29,34,35,36)/t12-,13+,20-/m1/s1. The third-order valence-electron chi connectivity index (χ3n) is 7.08. The van der Waals surface area contributed by atoms with Gasteiger partial charge in [-0.25, -0.2) is 9.59 Å². The van der Waals surface area contributed by atoms with Gasteiger partial charge in [0.15, 0.2) is 5.41 Å². The van der Waals surface area contributed by atoms with E-state index in [9.17, 15) is 19.2 Å². The van der Waals surface area contributed by atoms with Gasteiger partial charge in [-0.05, 0) is 83.8 Å². The van der Waals surface area contributed by atoms with Crippen LogP contribution in [-0.4, -0.2) is 48.6 Å². The number of carbonyl (C=O) groups is 4. The molecule has 0 saturated carbocycles. The number of nitrogens with one attached hydrogen (secondary N) is 2. The SMILES string of the molecule is C[C@@H]1CN2c3ccc(C(=O)OCc4ccc(N=[N+]=[N-])c(I)c4)cc3CC3(C(=O)NC(=O)NC3=O)[C@H]2[C@H](C)O1. The van der Waals surface area contributed by atoms with E-state index in [0.29, 0.717) is 17.8 Å². The van der Waals surface area contributed by atoms with Gasteiger partial charge in [0.05, 0.1) is 29.5 Å². The lowest BCUT2D eigenvalue weighted by Gasteiger charge is -2.55. The molecule has 2 aromatic carbocycles. The molecule has 13 heteroatoms. The molecule has 3 heterocycles. The summed E-state index contributed by atoms with van der Waals surface area (Å²) in [6.07, 6.45) is -0.663. The Balaban J connectivity index is 1.45. The van der Waals surface area contributed by atoms with Gasteiger partial charge in [-0.15, -0.1) is 0 Å². The number of morpholine rings is 1. The zero-order valence-corrected chi connectivity index (χ0v) is 22.6. The minimum absolute atomic E-state index is 0.000103. The lowest BCUT2D eigenvalue weighted by Crippen LogP contribution is -2.75. The number of nitrogens with zero attached hydrogens (tertiary/aromatic N) is 4. The van der Waals surface area contributed by atoms with Crippen molar-refractivity contribution in [3.8, 4) is 0 Å². The Labute approximate surface area is 230 Å². The highest BCUT2D eigenvalue weighted by Gasteiger charge is 2.62. The van der Waals surface area contributed by atoms with Crippen molar-refractivity contribution in [1.82, 2.24) is 10.6 Å². The predicted molar refractivity (Wildman–Crippen MR) is 142 cm³/mol. The lowest BCUT2D eigenvalue weighted by molar-refractivity contribution is -0.153. The second kappa shape index (κ2) is 9.89. The fourth-order valence-corrected chi connectivity index (χ4v) is 6.26. The van der Waals surface area contributed by atoms with Crippen molar-refractivity contribution in [2.45, 2.75) is 45.1 Å². The third-order valence-corrected chi connectivity index (χ3v) is 7.94. The van der Waals surface area contributed by atoms with Crippen molar-refractivity contribution in [1.29, 1.82) is 0 Å². The topological polar surface area (TPSA) is 163 Å². The van der Waals surface area contributed by atoms with Gasteiger partial charge >= 0.3 is 12.0 Å². The summed E-state index contributed by atoms with van der Waals surface area (Å²) in [4.78, 5) is 56.1. The highest BCUT2D eigenvalue weighted by Crippen LogP contribution is 2.46. The number of anilines is 1. The highest BCUT2D eigenvalue weighted by molar-refractivity contribution is 14.1. The number of esters is 1. The summed E-state index contributed by atoms with van der Waals surface area (Å²) in [6.45, 7) is 4.14. The molecule has 1 spiro atoms. The molecule has 2 N–H and O–H groups in total. The number of hydrogen-bond acceptors (Lipinski definition) is 8. The van der Waals surface area contributed by atoms with E-state index in [-0.39, 0.29) is 24.7 Å². The van der Waals surface area contributed by atoms with Crippen LogP contribution in [0.4, 0.5) is 16.2 Å².